The zero-order valence-electron chi connectivity index (χ0n) is 12.6. The molecule has 2 aromatic heterocycles. The number of nitrogens with zero attached hydrogens (tertiary/aromatic N) is 3. The van der Waals surface area contributed by atoms with Gasteiger partial charge >= 0.3 is 0 Å². The highest BCUT2D eigenvalue weighted by atomic mass is 16.5. The van der Waals surface area contributed by atoms with Gasteiger partial charge < -0.3 is 10.1 Å². The van der Waals surface area contributed by atoms with Gasteiger partial charge in [0.1, 0.15) is 5.75 Å². The summed E-state index contributed by atoms with van der Waals surface area (Å²) in [5, 5.41) is 6.97. The summed E-state index contributed by atoms with van der Waals surface area (Å²) in [7, 11) is 0. The molecular weight excluding hydrogens is 292 g/mol. The Labute approximate surface area is 133 Å². The molecule has 1 amide bonds. The maximum absolute atomic E-state index is 12.3. The van der Waals surface area contributed by atoms with Gasteiger partial charge in [0, 0.05) is 18.6 Å². The number of benzene rings is 1. The Bertz CT molecular complexity index is 772. The van der Waals surface area contributed by atoms with Gasteiger partial charge in [0.2, 0.25) is 0 Å². The molecule has 1 atom stereocenters. The van der Waals surface area contributed by atoms with Crippen molar-refractivity contribution < 1.29 is 9.53 Å². The zero-order valence-corrected chi connectivity index (χ0v) is 12.6. The Morgan fingerprint density at radius 3 is 2.70 bits per heavy atom. The van der Waals surface area contributed by atoms with Crippen LogP contribution in [-0.2, 0) is 4.79 Å². The van der Waals surface area contributed by atoms with E-state index in [2.05, 4.69) is 15.4 Å². The Balaban J connectivity index is 1.73. The molecule has 0 radical (unpaired) electrons. The number of para-hydroxylation sites is 1. The summed E-state index contributed by atoms with van der Waals surface area (Å²) in [5.74, 6) is 0.946. The standard InChI is InChI=1S/C17H16N4O2/c1-13(23-14-7-3-2-4-8-14)17(22)20-15-9-5-10-18-16(15)21-12-6-11-19-21/h2-13H,1H3,(H,20,22). The molecule has 0 bridgehead atoms. The first-order valence-corrected chi connectivity index (χ1v) is 7.21. The first kappa shape index (κ1) is 14.8. The number of hydrogen-bond donors (Lipinski definition) is 1. The molecule has 116 valence electrons. The minimum atomic E-state index is -0.636. The SMILES string of the molecule is CC(Oc1ccccc1)C(=O)Nc1cccnc1-n1cccn1. The van der Waals surface area contributed by atoms with E-state index in [1.807, 2.05) is 30.3 Å². The number of ether oxygens (including phenoxy) is 1. The van der Waals surface area contributed by atoms with Crippen LogP contribution in [0, 0.1) is 0 Å². The molecule has 1 aromatic carbocycles. The lowest BCUT2D eigenvalue weighted by atomic mass is 10.3. The first-order chi connectivity index (χ1) is 11.2. The van der Waals surface area contributed by atoms with Gasteiger partial charge in [-0.3, -0.25) is 4.79 Å². The van der Waals surface area contributed by atoms with Crippen molar-refractivity contribution in [2.24, 2.45) is 0 Å². The lowest BCUT2D eigenvalue weighted by Gasteiger charge is -2.16. The molecule has 0 aliphatic rings. The largest absolute Gasteiger partial charge is 0.481 e. The van der Waals surface area contributed by atoms with Crippen LogP contribution in [0.25, 0.3) is 5.82 Å². The van der Waals surface area contributed by atoms with E-state index in [1.165, 1.54) is 0 Å². The summed E-state index contributed by atoms with van der Waals surface area (Å²) in [6.07, 6.45) is 4.43. The summed E-state index contributed by atoms with van der Waals surface area (Å²) >= 11 is 0. The van der Waals surface area contributed by atoms with Gasteiger partial charge in [-0.05, 0) is 37.3 Å². The van der Waals surface area contributed by atoms with Crippen molar-refractivity contribution in [2.45, 2.75) is 13.0 Å². The van der Waals surface area contributed by atoms with Crippen molar-refractivity contribution in [2.75, 3.05) is 5.32 Å². The third-order valence-corrected chi connectivity index (χ3v) is 3.19. The molecule has 23 heavy (non-hydrogen) atoms. The van der Waals surface area contributed by atoms with Crippen LogP contribution < -0.4 is 10.1 Å². The van der Waals surface area contributed by atoms with Gasteiger partial charge in [-0.15, -0.1) is 0 Å². The number of anilines is 1. The number of pyridine rings is 1. The highest BCUT2D eigenvalue weighted by Crippen LogP contribution is 2.17. The minimum Gasteiger partial charge on any atom is -0.481 e. The van der Waals surface area contributed by atoms with Crippen LogP contribution in [-0.4, -0.2) is 26.8 Å². The third kappa shape index (κ3) is 3.55. The Morgan fingerprint density at radius 2 is 1.96 bits per heavy atom. The highest BCUT2D eigenvalue weighted by molar-refractivity contribution is 5.95. The molecule has 0 saturated carbocycles. The normalized spacial score (nSPS) is 11.7. The van der Waals surface area contributed by atoms with E-state index < -0.39 is 6.10 Å². The van der Waals surface area contributed by atoms with Crippen molar-refractivity contribution in [1.29, 1.82) is 0 Å². The maximum Gasteiger partial charge on any atom is 0.265 e. The van der Waals surface area contributed by atoms with Crippen LogP contribution in [0.4, 0.5) is 5.69 Å². The lowest BCUT2D eigenvalue weighted by molar-refractivity contribution is -0.122. The molecule has 3 rings (SSSR count). The third-order valence-electron chi connectivity index (χ3n) is 3.19. The molecule has 6 nitrogen and oxygen atoms in total. The summed E-state index contributed by atoms with van der Waals surface area (Å²) in [4.78, 5) is 16.6. The fourth-order valence-electron chi connectivity index (χ4n) is 2.06. The molecule has 1 unspecified atom stereocenters. The minimum absolute atomic E-state index is 0.254. The van der Waals surface area contributed by atoms with Crippen molar-refractivity contribution in [1.82, 2.24) is 14.8 Å². The van der Waals surface area contributed by atoms with E-state index in [0.29, 0.717) is 17.3 Å². The highest BCUT2D eigenvalue weighted by Gasteiger charge is 2.17. The van der Waals surface area contributed by atoms with E-state index in [-0.39, 0.29) is 5.91 Å². The van der Waals surface area contributed by atoms with Gasteiger partial charge in [0.05, 0.1) is 5.69 Å². The number of rotatable bonds is 5. The molecule has 2 heterocycles. The molecule has 3 aromatic rings. The summed E-state index contributed by atoms with van der Waals surface area (Å²) in [5.41, 5.74) is 0.574. The molecule has 6 heteroatoms. The quantitative estimate of drug-likeness (QED) is 0.787. The lowest BCUT2D eigenvalue weighted by Crippen LogP contribution is -2.30. The number of hydrogen-bond acceptors (Lipinski definition) is 4. The topological polar surface area (TPSA) is 69.0 Å². The Kier molecular flexibility index (Phi) is 4.33. The van der Waals surface area contributed by atoms with Gasteiger partial charge in [0.25, 0.3) is 5.91 Å². The van der Waals surface area contributed by atoms with Crippen LogP contribution in [0.5, 0.6) is 5.75 Å². The molecule has 0 aliphatic heterocycles. The first-order valence-electron chi connectivity index (χ1n) is 7.21. The number of aromatic nitrogens is 3. The molecular formula is C17H16N4O2. The second-order valence-electron chi connectivity index (χ2n) is 4.89. The maximum atomic E-state index is 12.3. The van der Waals surface area contributed by atoms with E-state index in [0.717, 1.165) is 0 Å². The van der Waals surface area contributed by atoms with Gasteiger partial charge in [-0.2, -0.15) is 5.10 Å². The average molecular weight is 308 g/mol. The average Bonchev–Trinajstić information content (AvgIpc) is 3.10. The molecule has 0 spiro atoms. The monoisotopic (exact) mass is 308 g/mol. The predicted molar refractivity (Wildman–Crippen MR) is 86.5 cm³/mol. The summed E-state index contributed by atoms with van der Waals surface area (Å²) < 4.78 is 7.22. The Hall–Kier alpha value is -3.15. The van der Waals surface area contributed by atoms with E-state index in [1.54, 1.807) is 48.4 Å². The molecule has 0 aliphatic carbocycles. The number of nitrogens with one attached hydrogen (secondary N) is 1. The van der Waals surface area contributed by atoms with E-state index >= 15 is 0 Å². The van der Waals surface area contributed by atoms with Crippen molar-refractivity contribution in [3.05, 3.63) is 67.1 Å². The second-order valence-corrected chi connectivity index (χ2v) is 4.89. The smallest absolute Gasteiger partial charge is 0.265 e. The number of carbonyl (C=O) groups excluding carboxylic acids is 1. The van der Waals surface area contributed by atoms with Crippen molar-refractivity contribution in [3.8, 4) is 11.6 Å². The number of carbonyl (C=O) groups is 1. The molecule has 1 N–H and O–H groups in total. The van der Waals surface area contributed by atoms with Crippen LogP contribution in [0.3, 0.4) is 0 Å². The van der Waals surface area contributed by atoms with Crippen molar-refractivity contribution >= 4 is 11.6 Å². The van der Waals surface area contributed by atoms with Crippen LogP contribution >= 0.6 is 0 Å². The number of amides is 1. The van der Waals surface area contributed by atoms with Crippen molar-refractivity contribution in [3.63, 3.8) is 0 Å². The summed E-state index contributed by atoms with van der Waals surface area (Å²) in [6, 6.07) is 14.5. The van der Waals surface area contributed by atoms with Gasteiger partial charge in [0.15, 0.2) is 11.9 Å². The van der Waals surface area contributed by atoms with E-state index in [9.17, 15) is 4.79 Å². The van der Waals surface area contributed by atoms with Gasteiger partial charge in [-0.1, -0.05) is 18.2 Å². The Morgan fingerprint density at radius 1 is 1.13 bits per heavy atom. The van der Waals surface area contributed by atoms with E-state index in [4.69, 9.17) is 4.74 Å². The van der Waals surface area contributed by atoms with Crippen LogP contribution in [0.15, 0.2) is 67.1 Å². The molecule has 0 saturated heterocycles. The fraction of sp³-hybridized carbons (Fsp3) is 0.118. The van der Waals surface area contributed by atoms with Crippen LogP contribution in [0.2, 0.25) is 0 Å². The molecule has 0 fully saturated rings. The fourth-order valence-corrected chi connectivity index (χ4v) is 2.06. The second kappa shape index (κ2) is 6.74. The summed E-state index contributed by atoms with van der Waals surface area (Å²) in [6.45, 7) is 1.70. The van der Waals surface area contributed by atoms with Crippen LogP contribution in [0.1, 0.15) is 6.92 Å². The zero-order chi connectivity index (χ0) is 16.1. The predicted octanol–water partition coefficient (Wildman–Crippen LogP) is 2.67. The van der Waals surface area contributed by atoms with Gasteiger partial charge in [-0.25, -0.2) is 9.67 Å².